The Labute approximate surface area is 165 Å². The van der Waals surface area contributed by atoms with Crippen molar-refractivity contribution >= 4 is 22.9 Å². The Hall–Kier alpha value is -2.43. The first-order chi connectivity index (χ1) is 13.1. The number of benzene rings is 2. The minimum atomic E-state index is -0.0336. The van der Waals surface area contributed by atoms with Gasteiger partial charge in [-0.25, -0.2) is 0 Å². The molecule has 0 aliphatic heterocycles. The number of anilines is 1. The summed E-state index contributed by atoms with van der Waals surface area (Å²) in [6.45, 7) is 6.47. The highest BCUT2D eigenvalue weighted by Crippen LogP contribution is 2.26. The molecule has 140 valence electrons. The molecule has 4 heteroatoms. The van der Waals surface area contributed by atoms with Gasteiger partial charge in [0.2, 0.25) is 5.91 Å². The van der Waals surface area contributed by atoms with Gasteiger partial charge in [0.25, 0.3) is 0 Å². The summed E-state index contributed by atoms with van der Waals surface area (Å²) in [5.41, 5.74) is 5.63. The lowest BCUT2D eigenvalue weighted by Gasteiger charge is -2.19. The molecule has 0 fully saturated rings. The highest BCUT2D eigenvalue weighted by atomic mass is 32.1. The van der Waals surface area contributed by atoms with Crippen molar-refractivity contribution in [3.8, 4) is 0 Å². The van der Waals surface area contributed by atoms with Crippen LogP contribution in [0.2, 0.25) is 0 Å². The van der Waals surface area contributed by atoms with Crippen LogP contribution in [0.25, 0.3) is 0 Å². The van der Waals surface area contributed by atoms with Crippen LogP contribution in [-0.2, 0) is 11.2 Å². The standard InChI is InChI=1S/C23H26N2OS/c1-4-18-8-10-19(11-9-18)23(21-6-5-13-27-21)24-15-22(26)25-20-12-7-16(2)14-17(20)3/h5-14,23-24H,4,15H2,1-3H3,(H,25,26)/t23-/m0/s1. The Balaban J connectivity index is 1.70. The zero-order valence-electron chi connectivity index (χ0n) is 16.1. The minimum Gasteiger partial charge on any atom is -0.325 e. The molecule has 0 aliphatic carbocycles. The van der Waals surface area contributed by atoms with E-state index in [1.807, 2.05) is 25.1 Å². The number of thiophene rings is 1. The van der Waals surface area contributed by atoms with E-state index in [2.05, 4.69) is 66.3 Å². The monoisotopic (exact) mass is 378 g/mol. The zero-order chi connectivity index (χ0) is 19.2. The lowest BCUT2D eigenvalue weighted by molar-refractivity contribution is -0.115. The molecule has 0 bridgehead atoms. The van der Waals surface area contributed by atoms with Crippen LogP contribution in [0.4, 0.5) is 5.69 Å². The highest BCUT2D eigenvalue weighted by Gasteiger charge is 2.16. The fraction of sp³-hybridized carbons (Fsp3) is 0.261. The molecule has 1 aromatic heterocycles. The van der Waals surface area contributed by atoms with Crippen LogP contribution in [0, 0.1) is 13.8 Å². The summed E-state index contributed by atoms with van der Waals surface area (Å²) in [7, 11) is 0. The predicted molar refractivity (Wildman–Crippen MR) is 115 cm³/mol. The quantitative estimate of drug-likeness (QED) is 0.590. The van der Waals surface area contributed by atoms with E-state index in [0.717, 1.165) is 17.7 Å². The van der Waals surface area contributed by atoms with Gasteiger partial charge in [-0.1, -0.05) is 55.0 Å². The molecule has 3 nitrogen and oxygen atoms in total. The third kappa shape index (κ3) is 5.06. The second kappa shape index (κ2) is 8.98. The van der Waals surface area contributed by atoms with E-state index in [1.165, 1.54) is 21.6 Å². The van der Waals surface area contributed by atoms with Crippen molar-refractivity contribution in [2.75, 3.05) is 11.9 Å². The van der Waals surface area contributed by atoms with Crippen molar-refractivity contribution in [3.63, 3.8) is 0 Å². The van der Waals surface area contributed by atoms with Crippen LogP contribution in [0.3, 0.4) is 0 Å². The number of nitrogens with one attached hydrogen (secondary N) is 2. The molecule has 2 aromatic carbocycles. The van der Waals surface area contributed by atoms with Crippen molar-refractivity contribution < 1.29 is 4.79 Å². The largest absolute Gasteiger partial charge is 0.325 e. The van der Waals surface area contributed by atoms with E-state index < -0.39 is 0 Å². The van der Waals surface area contributed by atoms with Gasteiger partial charge >= 0.3 is 0 Å². The number of hydrogen-bond acceptors (Lipinski definition) is 3. The third-order valence-corrected chi connectivity index (χ3v) is 5.61. The zero-order valence-corrected chi connectivity index (χ0v) is 16.9. The molecular weight excluding hydrogens is 352 g/mol. The van der Waals surface area contributed by atoms with E-state index in [0.29, 0.717) is 0 Å². The number of hydrogen-bond donors (Lipinski definition) is 2. The Morgan fingerprint density at radius 3 is 2.48 bits per heavy atom. The molecule has 1 heterocycles. The normalized spacial score (nSPS) is 12.0. The average molecular weight is 379 g/mol. The second-order valence-electron chi connectivity index (χ2n) is 6.79. The molecule has 27 heavy (non-hydrogen) atoms. The van der Waals surface area contributed by atoms with Gasteiger partial charge < -0.3 is 5.32 Å². The molecule has 0 spiro atoms. The van der Waals surface area contributed by atoms with Crippen LogP contribution >= 0.6 is 11.3 Å². The maximum Gasteiger partial charge on any atom is 0.238 e. The predicted octanol–water partition coefficient (Wildman–Crippen LogP) is 5.25. The molecule has 2 N–H and O–H groups in total. The summed E-state index contributed by atoms with van der Waals surface area (Å²) in [5.74, 6) is -0.0336. The van der Waals surface area contributed by atoms with Crippen molar-refractivity contribution in [1.29, 1.82) is 0 Å². The van der Waals surface area contributed by atoms with Gasteiger partial charge in [0, 0.05) is 10.6 Å². The fourth-order valence-corrected chi connectivity index (χ4v) is 3.95. The maximum atomic E-state index is 12.5. The van der Waals surface area contributed by atoms with Gasteiger partial charge in [-0.3, -0.25) is 10.1 Å². The summed E-state index contributed by atoms with van der Waals surface area (Å²) < 4.78 is 0. The topological polar surface area (TPSA) is 41.1 Å². The van der Waals surface area contributed by atoms with Gasteiger partial charge in [-0.05, 0) is 54.5 Å². The molecule has 3 aromatic rings. The molecular formula is C23H26N2OS. The number of rotatable bonds is 7. The summed E-state index contributed by atoms with van der Waals surface area (Å²) in [5, 5.41) is 8.50. The minimum absolute atomic E-state index is 0.0146. The first kappa shape index (κ1) is 19.3. The van der Waals surface area contributed by atoms with Gasteiger partial charge in [-0.15, -0.1) is 11.3 Å². The summed E-state index contributed by atoms with van der Waals surface area (Å²) in [4.78, 5) is 13.7. The van der Waals surface area contributed by atoms with Crippen molar-refractivity contribution in [1.82, 2.24) is 5.32 Å². The number of amides is 1. The first-order valence-electron chi connectivity index (χ1n) is 9.29. The number of aryl methyl sites for hydroxylation is 3. The Morgan fingerprint density at radius 2 is 1.85 bits per heavy atom. The second-order valence-corrected chi connectivity index (χ2v) is 7.77. The fourth-order valence-electron chi connectivity index (χ4n) is 3.13. The molecule has 3 rings (SSSR count). The molecule has 0 saturated heterocycles. The van der Waals surface area contributed by atoms with Gasteiger partial charge in [0.05, 0.1) is 12.6 Å². The maximum absolute atomic E-state index is 12.5. The third-order valence-electron chi connectivity index (χ3n) is 4.67. The molecule has 0 unspecified atom stereocenters. The molecule has 1 atom stereocenters. The van der Waals surface area contributed by atoms with Crippen LogP contribution in [0.15, 0.2) is 60.0 Å². The summed E-state index contributed by atoms with van der Waals surface area (Å²) >= 11 is 1.70. The van der Waals surface area contributed by atoms with E-state index >= 15 is 0 Å². The lowest BCUT2D eigenvalue weighted by Crippen LogP contribution is -2.31. The van der Waals surface area contributed by atoms with Crippen LogP contribution in [0.1, 0.15) is 40.1 Å². The Bertz CT molecular complexity index is 885. The van der Waals surface area contributed by atoms with Crippen molar-refractivity contribution in [2.24, 2.45) is 0 Å². The van der Waals surface area contributed by atoms with E-state index in [4.69, 9.17) is 0 Å². The Morgan fingerprint density at radius 1 is 1.07 bits per heavy atom. The van der Waals surface area contributed by atoms with Crippen LogP contribution < -0.4 is 10.6 Å². The van der Waals surface area contributed by atoms with E-state index in [9.17, 15) is 4.79 Å². The molecule has 0 aliphatic rings. The SMILES string of the molecule is CCc1ccc([C@H](NCC(=O)Nc2ccc(C)cc2C)c2cccs2)cc1. The number of carbonyl (C=O) groups is 1. The smallest absolute Gasteiger partial charge is 0.238 e. The van der Waals surface area contributed by atoms with Crippen LogP contribution in [0.5, 0.6) is 0 Å². The summed E-state index contributed by atoms with van der Waals surface area (Å²) in [6.07, 6.45) is 1.02. The first-order valence-corrected chi connectivity index (χ1v) is 10.2. The summed E-state index contributed by atoms with van der Waals surface area (Å²) in [6, 6.07) is 18.8. The van der Waals surface area contributed by atoms with Gasteiger partial charge in [-0.2, -0.15) is 0 Å². The van der Waals surface area contributed by atoms with Crippen LogP contribution in [-0.4, -0.2) is 12.5 Å². The molecule has 1 amide bonds. The van der Waals surface area contributed by atoms with E-state index in [-0.39, 0.29) is 18.5 Å². The van der Waals surface area contributed by atoms with Gasteiger partial charge in [0.1, 0.15) is 0 Å². The molecule has 0 saturated carbocycles. The molecule has 0 radical (unpaired) electrons. The lowest BCUT2D eigenvalue weighted by atomic mass is 10.0. The van der Waals surface area contributed by atoms with Crippen molar-refractivity contribution in [2.45, 2.75) is 33.2 Å². The van der Waals surface area contributed by atoms with E-state index in [1.54, 1.807) is 11.3 Å². The van der Waals surface area contributed by atoms with Gasteiger partial charge in [0.15, 0.2) is 0 Å². The highest BCUT2D eigenvalue weighted by molar-refractivity contribution is 7.10. The van der Waals surface area contributed by atoms with Crippen molar-refractivity contribution in [3.05, 3.63) is 87.1 Å². The Kier molecular flexibility index (Phi) is 6.43. The average Bonchev–Trinajstić information content (AvgIpc) is 3.19. The number of carbonyl (C=O) groups excluding carboxylic acids is 1.